The standard InChI is InChI=1S/C11H18N4O2/c1-4-11(6-5-7-11)13-10-9(15(16)17)12-8(2)14(10)3/h13H,4-7H2,1-3H3. The minimum Gasteiger partial charge on any atom is -0.359 e. The number of anilines is 1. The molecule has 0 amide bonds. The Morgan fingerprint density at radius 2 is 2.24 bits per heavy atom. The smallest absolute Gasteiger partial charge is 0.359 e. The van der Waals surface area contributed by atoms with Crippen LogP contribution in [-0.4, -0.2) is 20.0 Å². The molecule has 0 spiro atoms. The van der Waals surface area contributed by atoms with Gasteiger partial charge in [-0.1, -0.05) is 6.92 Å². The third-order valence-corrected chi connectivity index (χ3v) is 3.84. The molecule has 0 saturated heterocycles. The van der Waals surface area contributed by atoms with E-state index in [2.05, 4.69) is 17.2 Å². The van der Waals surface area contributed by atoms with Crippen LogP contribution in [0.4, 0.5) is 11.6 Å². The molecule has 1 heterocycles. The molecule has 1 fully saturated rings. The maximum absolute atomic E-state index is 11.0. The highest BCUT2D eigenvalue weighted by molar-refractivity contribution is 5.55. The van der Waals surface area contributed by atoms with Crippen molar-refractivity contribution >= 4 is 11.6 Å². The summed E-state index contributed by atoms with van der Waals surface area (Å²) < 4.78 is 1.76. The molecule has 0 unspecified atom stereocenters. The van der Waals surface area contributed by atoms with Crippen LogP contribution in [0.3, 0.4) is 0 Å². The van der Waals surface area contributed by atoms with Crippen LogP contribution in [0.25, 0.3) is 0 Å². The summed E-state index contributed by atoms with van der Waals surface area (Å²) in [5.41, 5.74) is 0.0327. The zero-order valence-electron chi connectivity index (χ0n) is 10.5. The molecule has 94 valence electrons. The summed E-state index contributed by atoms with van der Waals surface area (Å²) in [5.74, 6) is 1.13. The van der Waals surface area contributed by atoms with Crippen molar-refractivity contribution in [2.45, 2.75) is 45.1 Å². The third-order valence-electron chi connectivity index (χ3n) is 3.84. The van der Waals surface area contributed by atoms with E-state index in [-0.39, 0.29) is 11.4 Å². The van der Waals surface area contributed by atoms with E-state index in [1.54, 1.807) is 18.5 Å². The van der Waals surface area contributed by atoms with Crippen LogP contribution in [0.2, 0.25) is 0 Å². The Morgan fingerprint density at radius 3 is 2.65 bits per heavy atom. The maximum atomic E-state index is 11.0. The van der Waals surface area contributed by atoms with Crippen molar-refractivity contribution < 1.29 is 4.92 Å². The van der Waals surface area contributed by atoms with E-state index in [0.29, 0.717) is 11.6 Å². The number of hydrogen-bond donors (Lipinski definition) is 1. The Labute approximate surface area is 100 Å². The highest BCUT2D eigenvalue weighted by Gasteiger charge is 2.38. The zero-order chi connectivity index (χ0) is 12.6. The molecule has 1 N–H and O–H groups in total. The van der Waals surface area contributed by atoms with Gasteiger partial charge < -0.3 is 15.4 Å². The van der Waals surface area contributed by atoms with Crippen molar-refractivity contribution in [3.63, 3.8) is 0 Å². The summed E-state index contributed by atoms with van der Waals surface area (Å²) in [4.78, 5) is 14.5. The Bertz CT molecular complexity index is 443. The number of rotatable bonds is 4. The Morgan fingerprint density at radius 1 is 1.59 bits per heavy atom. The molecule has 1 saturated carbocycles. The molecule has 2 rings (SSSR count). The third kappa shape index (κ3) is 1.87. The molecule has 0 radical (unpaired) electrons. The molecule has 1 aliphatic rings. The van der Waals surface area contributed by atoms with Crippen LogP contribution in [0.5, 0.6) is 0 Å². The Kier molecular flexibility index (Phi) is 2.81. The highest BCUT2D eigenvalue weighted by Crippen LogP contribution is 2.39. The lowest BCUT2D eigenvalue weighted by Gasteiger charge is -2.42. The summed E-state index contributed by atoms with van der Waals surface area (Å²) in [5, 5.41) is 14.3. The molecule has 0 aliphatic heterocycles. The normalized spacial score (nSPS) is 17.6. The lowest BCUT2D eigenvalue weighted by atomic mass is 9.75. The lowest BCUT2D eigenvalue weighted by molar-refractivity contribution is -0.388. The Balaban J connectivity index is 2.34. The van der Waals surface area contributed by atoms with Gasteiger partial charge in [0.05, 0.1) is 0 Å². The zero-order valence-corrected chi connectivity index (χ0v) is 10.5. The van der Waals surface area contributed by atoms with Crippen molar-refractivity contribution in [1.29, 1.82) is 0 Å². The molecule has 1 aromatic heterocycles. The summed E-state index contributed by atoms with van der Waals surface area (Å²) >= 11 is 0. The molecule has 0 atom stereocenters. The fourth-order valence-electron chi connectivity index (χ4n) is 2.28. The van der Waals surface area contributed by atoms with Gasteiger partial charge in [0.15, 0.2) is 0 Å². The number of nitrogens with one attached hydrogen (secondary N) is 1. The first-order chi connectivity index (χ1) is 7.99. The number of imidazole rings is 1. The van der Waals surface area contributed by atoms with Crippen molar-refractivity contribution in [1.82, 2.24) is 9.55 Å². The quantitative estimate of drug-likeness (QED) is 0.645. The highest BCUT2D eigenvalue weighted by atomic mass is 16.6. The minimum absolute atomic E-state index is 0.0327. The second-order valence-electron chi connectivity index (χ2n) is 4.76. The van der Waals surface area contributed by atoms with E-state index in [4.69, 9.17) is 0 Å². The van der Waals surface area contributed by atoms with E-state index in [9.17, 15) is 10.1 Å². The van der Waals surface area contributed by atoms with Crippen LogP contribution in [-0.2, 0) is 7.05 Å². The number of aryl methyl sites for hydroxylation is 1. The van der Waals surface area contributed by atoms with Crippen LogP contribution < -0.4 is 5.32 Å². The summed E-state index contributed by atoms with van der Waals surface area (Å²) in [6, 6.07) is 0. The molecule has 0 aromatic carbocycles. The molecule has 1 aromatic rings. The van der Waals surface area contributed by atoms with Crippen LogP contribution in [0.1, 0.15) is 38.4 Å². The monoisotopic (exact) mass is 238 g/mol. The maximum Gasteiger partial charge on any atom is 0.406 e. The van der Waals surface area contributed by atoms with Gasteiger partial charge in [0, 0.05) is 19.5 Å². The molecule has 6 heteroatoms. The van der Waals surface area contributed by atoms with Crippen molar-refractivity contribution in [3.8, 4) is 0 Å². The molecule has 1 aliphatic carbocycles. The first-order valence-corrected chi connectivity index (χ1v) is 5.95. The summed E-state index contributed by atoms with van der Waals surface area (Å²) in [7, 11) is 1.81. The lowest BCUT2D eigenvalue weighted by Crippen LogP contribution is -2.44. The SMILES string of the molecule is CCC1(Nc2c([N+](=O)[O-])nc(C)n2C)CCC1. The minimum atomic E-state index is -0.419. The molecule has 6 nitrogen and oxygen atoms in total. The van der Waals surface area contributed by atoms with Crippen LogP contribution in [0.15, 0.2) is 0 Å². The molecule has 17 heavy (non-hydrogen) atoms. The van der Waals surface area contributed by atoms with Gasteiger partial charge in [-0.15, -0.1) is 0 Å². The average Bonchev–Trinajstić information content (AvgIpc) is 2.51. The summed E-state index contributed by atoms with van der Waals surface area (Å²) in [6.45, 7) is 3.89. The van der Waals surface area contributed by atoms with Gasteiger partial charge in [0.25, 0.3) is 0 Å². The first-order valence-electron chi connectivity index (χ1n) is 5.95. The van der Waals surface area contributed by atoms with E-state index in [1.807, 2.05) is 0 Å². The van der Waals surface area contributed by atoms with Gasteiger partial charge >= 0.3 is 5.82 Å². The second-order valence-corrected chi connectivity index (χ2v) is 4.76. The summed E-state index contributed by atoms with van der Waals surface area (Å²) in [6.07, 6.45) is 4.32. The predicted octanol–water partition coefficient (Wildman–Crippen LogP) is 2.38. The fraction of sp³-hybridized carbons (Fsp3) is 0.727. The Hall–Kier alpha value is -1.59. The first kappa shape index (κ1) is 11.9. The van der Waals surface area contributed by atoms with E-state index < -0.39 is 4.92 Å². The van der Waals surface area contributed by atoms with Gasteiger partial charge in [-0.05, 0) is 35.6 Å². The average molecular weight is 238 g/mol. The number of hydrogen-bond acceptors (Lipinski definition) is 4. The van der Waals surface area contributed by atoms with Gasteiger partial charge in [-0.25, -0.2) is 0 Å². The van der Waals surface area contributed by atoms with Gasteiger partial charge in [0.1, 0.15) is 0 Å². The van der Waals surface area contributed by atoms with Crippen molar-refractivity contribution in [2.75, 3.05) is 5.32 Å². The van der Waals surface area contributed by atoms with Gasteiger partial charge in [-0.3, -0.25) is 4.57 Å². The number of aromatic nitrogens is 2. The van der Waals surface area contributed by atoms with Crippen molar-refractivity contribution in [3.05, 3.63) is 15.9 Å². The second kappa shape index (κ2) is 4.01. The predicted molar refractivity (Wildman–Crippen MR) is 65.1 cm³/mol. The van der Waals surface area contributed by atoms with E-state index >= 15 is 0 Å². The van der Waals surface area contributed by atoms with Crippen LogP contribution in [0, 0.1) is 17.0 Å². The molecule has 0 bridgehead atoms. The van der Waals surface area contributed by atoms with Crippen LogP contribution >= 0.6 is 0 Å². The van der Waals surface area contributed by atoms with Gasteiger partial charge in [0.2, 0.25) is 11.6 Å². The van der Waals surface area contributed by atoms with Gasteiger partial charge in [-0.2, -0.15) is 0 Å². The molecular weight excluding hydrogens is 220 g/mol. The fourth-order valence-corrected chi connectivity index (χ4v) is 2.28. The largest absolute Gasteiger partial charge is 0.406 e. The molecular formula is C11H18N4O2. The van der Waals surface area contributed by atoms with E-state index in [0.717, 1.165) is 19.3 Å². The number of nitro groups is 1. The topological polar surface area (TPSA) is 73.0 Å². The van der Waals surface area contributed by atoms with Crippen molar-refractivity contribution in [2.24, 2.45) is 7.05 Å². The van der Waals surface area contributed by atoms with E-state index in [1.165, 1.54) is 6.42 Å². The number of nitrogens with zero attached hydrogens (tertiary/aromatic N) is 3.